The van der Waals surface area contributed by atoms with E-state index in [2.05, 4.69) is 13.8 Å². The van der Waals surface area contributed by atoms with Gasteiger partial charge in [-0.1, -0.05) is 26.0 Å². The average molecular weight is 324 g/mol. The van der Waals surface area contributed by atoms with E-state index in [4.69, 9.17) is 18.9 Å². The van der Waals surface area contributed by atoms with Crippen molar-refractivity contribution >= 4 is 0 Å². The van der Waals surface area contributed by atoms with E-state index in [0.717, 1.165) is 11.3 Å². The van der Waals surface area contributed by atoms with Crippen LogP contribution >= 0.6 is 0 Å². The van der Waals surface area contributed by atoms with Gasteiger partial charge in [0.15, 0.2) is 0 Å². The third-order valence-corrected chi connectivity index (χ3v) is 4.72. The summed E-state index contributed by atoms with van der Waals surface area (Å²) in [5, 5.41) is 9.50. The zero-order valence-electron chi connectivity index (χ0n) is 14.4. The van der Waals surface area contributed by atoms with Crippen LogP contribution in [0.5, 0.6) is 5.75 Å². The van der Waals surface area contributed by atoms with Crippen LogP contribution in [0.2, 0.25) is 0 Å². The third-order valence-electron chi connectivity index (χ3n) is 4.72. The van der Waals surface area contributed by atoms with Crippen molar-refractivity contribution in [3.63, 3.8) is 0 Å². The summed E-state index contributed by atoms with van der Waals surface area (Å²) in [4.78, 5) is 0. The van der Waals surface area contributed by atoms with E-state index >= 15 is 0 Å². The summed E-state index contributed by atoms with van der Waals surface area (Å²) < 4.78 is 22.6. The Labute approximate surface area is 138 Å². The number of aliphatic hydroxyl groups is 1. The summed E-state index contributed by atoms with van der Waals surface area (Å²) in [6, 6.07) is 7.81. The van der Waals surface area contributed by atoms with Crippen LogP contribution in [0.3, 0.4) is 0 Å². The Morgan fingerprint density at radius 1 is 1.04 bits per heavy atom. The first-order valence-electron chi connectivity index (χ1n) is 8.10. The molecule has 5 nitrogen and oxygen atoms in total. The quantitative estimate of drug-likeness (QED) is 0.834. The fraction of sp³-hybridized carbons (Fsp3) is 0.667. The Bertz CT molecular complexity index is 461. The van der Waals surface area contributed by atoms with Crippen molar-refractivity contribution in [2.24, 2.45) is 11.8 Å². The molecule has 5 heteroatoms. The van der Waals surface area contributed by atoms with Gasteiger partial charge in [0, 0.05) is 18.9 Å². The number of hydrogen-bond donors (Lipinski definition) is 1. The fourth-order valence-electron chi connectivity index (χ4n) is 3.22. The van der Waals surface area contributed by atoms with Gasteiger partial charge in [-0.05, 0) is 17.7 Å². The number of hydrogen-bond acceptors (Lipinski definition) is 5. The lowest BCUT2D eigenvalue weighted by Crippen LogP contribution is -2.52. The van der Waals surface area contributed by atoms with E-state index in [-0.39, 0.29) is 36.8 Å². The summed E-state index contributed by atoms with van der Waals surface area (Å²) >= 11 is 0. The zero-order chi connectivity index (χ0) is 16.8. The van der Waals surface area contributed by atoms with Crippen LogP contribution in [0.4, 0.5) is 0 Å². The smallest absolute Gasteiger partial charge is 0.118 e. The standard InChI is InChI=1S/C18H28O5/c1-12-16(9-19)23-17(13(2)18(12)21-4)11-22-10-14-5-7-15(20-3)8-6-14/h5-8,12-13,16-19H,9-11H2,1-4H3/t12-,13+,16+,17-,18-/m0/s1. The van der Waals surface area contributed by atoms with Gasteiger partial charge in [-0.2, -0.15) is 0 Å². The number of benzene rings is 1. The molecule has 1 aliphatic heterocycles. The maximum absolute atomic E-state index is 9.50. The normalized spacial score (nSPS) is 31.1. The summed E-state index contributed by atoms with van der Waals surface area (Å²) in [5.41, 5.74) is 1.09. The first-order valence-corrected chi connectivity index (χ1v) is 8.10. The molecule has 0 aromatic heterocycles. The topological polar surface area (TPSA) is 57.2 Å². The van der Waals surface area contributed by atoms with Gasteiger partial charge in [0.05, 0.1) is 45.2 Å². The molecule has 1 heterocycles. The van der Waals surface area contributed by atoms with Crippen molar-refractivity contribution in [1.82, 2.24) is 0 Å². The lowest BCUT2D eigenvalue weighted by molar-refractivity contribution is -0.197. The maximum atomic E-state index is 9.50. The summed E-state index contributed by atoms with van der Waals surface area (Å²) in [6.45, 7) is 5.17. The van der Waals surface area contributed by atoms with E-state index < -0.39 is 0 Å². The lowest BCUT2D eigenvalue weighted by Gasteiger charge is -2.43. The minimum Gasteiger partial charge on any atom is -0.497 e. The minimum absolute atomic E-state index is 0.00270. The maximum Gasteiger partial charge on any atom is 0.118 e. The predicted octanol–water partition coefficient (Wildman–Crippen LogP) is 2.26. The molecule has 1 aromatic carbocycles. The molecule has 0 amide bonds. The fourth-order valence-corrected chi connectivity index (χ4v) is 3.22. The Balaban J connectivity index is 1.88. The van der Waals surface area contributed by atoms with Gasteiger partial charge in [-0.15, -0.1) is 0 Å². The molecule has 0 radical (unpaired) electrons. The monoisotopic (exact) mass is 324 g/mol. The molecule has 0 aliphatic carbocycles. The van der Waals surface area contributed by atoms with Crippen LogP contribution in [0.25, 0.3) is 0 Å². The highest BCUT2D eigenvalue weighted by Crippen LogP contribution is 2.32. The number of methoxy groups -OCH3 is 2. The van der Waals surface area contributed by atoms with Crippen molar-refractivity contribution in [1.29, 1.82) is 0 Å². The summed E-state index contributed by atoms with van der Waals surface area (Å²) in [7, 11) is 3.37. The van der Waals surface area contributed by atoms with Gasteiger partial charge in [-0.25, -0.2) is 0 Å². The van der Waals surface area contributed by atoms with Crippen molar-refractivity contribution in [3.05, 3.63) is 29.8 Å². The highest BCUT2D eigenvalue weighted by atomic mass is 16.6. The van der Waals surface area contributed by atoms with Gasteiger partial charge >= 0.3 is 0 Å². The molecule has 2 rings (SSSR count). The molecule has 23 heavy (non-hydrogen) atoms. The molecule has 0 unspecified atom stereocenters. The summed E-state index contributed by atoms with van der Waals surface area (Å²) in [6.07, 6.45) is -0.215. The minimum atomic E-state index is -0.203. The SMILES string of the molecule is COc1ccc(COC[C@@H]2O[C@H](CO)[C@H](C)[C@H](OC)[C@@H]2C)cc1. The first-order chi connectivity index (χ1) is 11.1. The largest absolute Gasteiger partial charge is 0.497 e. The number of aliphatic hydroxyl groups excluding tert-OH is 1. The first kappa shape index (κ1) is 18.2. The highest BCUT2D eigenvalue weighted by molar-refractivity contribution is 5.26. The van der Waals surface area contributed by atoms with E-state index in [9.17, 15) is 5.11 Å². The molecule has 1 aromatic rings. The van der Waals surface area contributed by atoms with Crippen molar-refractivity contribution in [2.75, 3.05) is 27.4 Å². The van der Waals surface area contributed by atoms with Crippen LogP contribution in [0, 0.1) is 11.8 Å². The summed E-state index contributed by atoms with van der Waals surface area (Å²) in [5.74, 6) is 1.22. The van der Waals surface area contributed by atoms with E-state index in [1.807, 2.05) is 24.3 Å². The molecule has 1 aliphatic rings. The Hall–Kier alpha value is -1.14. The Morgan fingerprint density at radius 3 is 2.26 bits per heavy atom. The van der Waals surface area contributed by atoms with Gasteiger partial charge in [0.2, 0.25) is 0 Å². The molecule has 0 bridgehead atoms. The lowest BCUT2D eigenvalue weighted by atomic mass is 9.83. The van der Waals surface area contributed by atoms with Crippen molar-refractivity contribution < 1.29 is 24.1 Å². The zero-order valence-corrected chi connectivity index (χ0v) is 14.4. The van der Waals surface area contributed by atoms with Crippen LogP contribution < -0.4 is 4.74 Å². The molecule has 0 spiro atoms. The van der Waals surface area contributed by atoms with E-state index in [0.29, 0.717) is 13.2 Å². The Morgan fingerprint density at radius 2 is 1.70 bits per heavy atom. The van der Waals surface area contributed by atoms with Crippen LogP contribution in [-0.2, 0) is 20.8 Å². The van der Waals surface area contributed by atoms with Gasteiger partial charge in [0.1, 0.15) is 5.75 Å². The average Bonchev–Trinajstić information content (AvgIpc) is 2.58. The van der Waals surface area contributed by atoms with Crippen LogP contribution in [0.15, 0.2) is 24.3 Å². The van der Waals surface area contributed by atoms with Crippen LogP contribution in [0.1, 0.15) is 19.4 Å². The predicted molar refractivity (Wildman–Crippen MR) is 87.5 cm³/mol. The number of ether oxygens (including phenoxy) is 4. The van der Waals surface area contributed by atoms with Crippen molar-refractivity contribution in [2.45, 2.75) is 38.8 Å². The van der Waals surface area contributed by atoms with Crippen LogP contribution in [-0.4, -0.2) is 50.9 Å². The van der Waals surface area contributed by atoms with Gasteiger partial charge < -0.3 is 24.1 Å². The van der Waals surface area contributed by atoms with Gasteiger partial charge in [-0.3, -0.25) is 0 Å². The van der Waals surface area contributed by atoms with E-state index in [1.54, 1.807) is 14.2 Å². The van der Waals surface area contributed by atoms with Gasteiger partial charge in [0.25, 0.3) is 0 Å². The second-order valence-electron chi connectivity index (χ2n) is 6.18. The highest BCUT2D eigenvalue weighted by Gasteiger charge is 2.41. The second-order valence-corrected chi connectivity index (χ2v) is 6.18. The third kappa shape index (κ3) is 4.44. The molecule has 0 saturated carbocycles. The molecule has 1 fully saturated rings. The second kappa shape index (κ2) is 8.64. The molecule has 1 N–H and O–H groups in total. The molecule has 1 saturated heterocycles. The molecular formula is C18H28O5. The number of rotatable bonds is 7. The Kier molecular flexibility index (Phi) is 6.84. The molecular weight excluding hydrogens is 296 g/mol. The molecule has 130 valence electrons. The molecule has 5 atom stereocenters. The van der Waals surface area contributed by atoms with E-state index in [1.165, 1.54) is 0 Å². The van der Waals surface area contributed by atoms with Crippen molar-refractivity contribution in [3.8, 4) is 5.75 Å².